The molecule has 6 nitrogen and oxygen atoms in total. The smallest absolute Gasteiger partial charge is 0.262 e. The molecule has 0 unspecified atom stereocenters. The fourth-order valence-corrected chi connectivity index (χ4v) is 2.85. The van der Waals surface area contributed by atoms with Crippen LogP contribution in [0.25, 0.3) is 0 Å². The first kappa shape index (κ1) is 23.4. The largest absolute Gasteiger partial charge is 0.484 e. The summed E-state index contributed by atoms with van der Waals surface area (Å²) in [6, 6.07) is 14.7. The Kier molecular flexibility index (Phi) is 8.87. The first-order valence-corrected chi connectivity index (χ1v) is 10.3. The van der Waals surface area contributed by atoms with Crippen LogP contribution in [0.5, 0.6) is 5.75 Å². The molecule has 0 aliphatic heterocycles. The minimum Gasteiger partial charge on any atom is -0.484 e. The molecule has 0 atom stereocenters. The van der Waals surface area contributed by atoms with Gasteiger partial charge in [-0.2, -0.15) is 0 Å². The minimum atomic E-state index is -0.326. The molecule has 0 saturated heterocycles. The summed E-state index contributed by atoms with van der Waals surface area (Å²) in [6.07, 6.45) is 1.76. The maximum absolute atomic E-state index is 12.4. The summed E-state index contributed by atoms with van der Waals surface area (Å²) in [6.45, 7) is 7.49. The molecule has 2 rings (SSSR count). The minimum absolute atomic E-state index is 0.101. The molecule has 2 aromatic rings. The maximum atomic E-state index is 12.4. The van der Waals surface area contributed by atoms with Gasteiger partial charge in [-0.3, -0.25) is 9.59 Å². The Hall–Kier alpha value is -2.86. The van der Waals surface area contributed by atoms with Crippen LogP contribution in [0.3, 0.4) is 0 Å². The van der Waals surface area contributed by atoms with Gasteiger partial charge < -0.3 is 20.1 Å². The lowest BCUT2D eigenvalue weighted by atomic mass is 9.82. The van der Waals surface area contributed by atoms with Gasteiger partial charge in [-0.15, -0.1) is 0 Å². The van der Waals surface area contributed by atoms with E-state index in [1.807, 2.05) is 24.3 Å². The molecular formula is C24H32N2O4. The van der Waals surface area contributed by atoms with E-state index in [0.717, 1.165) is 12.8 Å². The van der Waals surface area contributed by atoms with Crippen LogP contribution in [0, 0.1) is 0 Å². The first-order chi connectivity index (χ1) is 14.4. The molecule has 2 N–H and O–H groups in total. The molecule has 2 amide bonds. The van der Waals surface area contributed by atoms with Gasteiger partial charge in [0, 0.05) is 20.3 Å². The molecule has 0 fully saturated rings. The van der Waals surface area contributed by atoms with Crippen LogP contribution in [0.1, 0.15) is 49.5 Å². The predicted octanol–water partition coefficient (Wildman–Crippen LogP) is 4.16. The lowest BCUT2D eigenvalue weighted by Gasteiger charge is -2.23. The van der Waals surface area contributed by atoms with Crippen molar-refractivity contribution in [2.45, 2.75) is 39.0 Å². The van der Waals surface area contributed by atoms with Crippen molar-refractivity contribution < 1.29 is 19.1 Å². The second-order valence-electron chi connectivity index (χ2n) is 7.75. The molecular weight excluding hydrogens is 380 g/mol. The van der Waals surface area contributed by atoms with E-state index in [9.17, 15) is 9.59 Å². The zero-order valence-electron chi connectivity index (χ0n) is 18.3. The number of carbonyl (C=O) groups is 2. The fraction of sp³-hybridized carbons (Fsp3) is 0.417. The molecule has 0 aliphatic rings. The summed E-state index contributed by atoms with van der Waals surface area (Å²) >= 11 is 0. The van der Waals surface area contributed by atoms with E-state index in [1.54, 1.807) is 31.4 Å². The SMILES string of the molecule is CCC(C)(C)c1ccc(OCC(=O)Nc2ccccc2C(=O)NCCCOC)cc1. The van der Waals surface area contributed by atoms with E-state index in [2.05, 4.69) is 31.4 Å². The standard InChI is InChI=1S/C24H32N2O4/c1-5-24(2,3)18-11-13-19(14-12-18)30-17-22(27)26-21-10-7-6-9-20(21)23(28)25-15-8-16-29-4/h6-7,9-14H,5,8,15-17H2,1-4H3,(H,25,28)(H,26,27). The second kappa shape index (κ2) is 11.4. The van der Waals surface area contributed by atoms with E-state index < -0.39 is 0 Å². The number of para-hydroxylation sites is 1. The van der Waals surface area contributed by atoms with Crippen LogP contribution in [-0.4, -0.2) is 38.7 Å². The number of anilines is 1. The molecule has 0 radical (unpaired) electrons. The Morgan fingerprint density at radius 2 is 1.73 bits per heavy atom. The van der Waals surface area contributed by atoms with Crippen molar-refractivity contribution in [3.05, 3.63) is 59.7 Å². The van der Waals surface area contributed by atoms with Gasteiger partial charge in [0.25, 0.3) is 11.8 Å². The highest BCUT2D eigenvalue weighted by Gasteiger charge is 2.18. The Balaban J connectivity index is 1.91. The average molecular weight is 413 g/mol. The Bertz CT molecular complexity index is 831. The van der Waals surface area contributed by atoms with Crippen molar-refractivity contribution in [2.24, 2.45) is 0 Å². The van der Waals surface area contributed by atoms with Crippen molar-refractivity contribution in [3.8, 4) is 5.75 Å². The Labute approximate surface area is 179 Å². The van der Waals surface area contributed by atoms with E-state index in [4.69, 9.17) is 9.47 Å². The summed E-state index contributed by atoms with van der Waals surface area (Å²) in [7, 11) is 1.62. The highest BCUT2D eigenvalue weighted by atomic mass is 16.5. The second-order valence-corrected chi connectivity index (χ2v) is 7.75. The van der Waals surface area contributed by atoms with Crippen molar-refractivity contribution in [1.82, 2.24) is 5.32 Å². The molecule has 0 heterocycles. The topological polar surface area (TPSA) is 76.7 Å². The third-order valence-electron chi connectivity index (χ3n) is 5.15. The summed E-state index contributed by atoms with van der Waals surface area (Å²) in [5, 5.41) is 5.58. The normalized spacial score (nSPS) is 11.1. The van der Waals surface area contributed by atoms with Crippen LogP contribution < -0.4 is 15.4 Å². The van der Waals surface area contributed by atoms with Crippen molar-refractivity contribution in [3.63, 3.8) is 0 Å². The van der Waals surface area contributed by atoms with Crippen LogP contribution in [0.4, 0.5) is 5.69 Å². The summed E-state index contributed by atoms with van der Waals surface area (Å²) in [5.41, 5.74) is 2.20. The van der Waals surface area contributed by atoms with Gasteiger partial charge in [-0.05, 0) is 48.1 Å². The number of ether oxygens (including phenoxy) is 2. The van der Waals surface area contributed by atoms with E-state index in [-0.39, 0.29) is 23.8 Å². The number of carbonyl (C=O) groups excluding carboxylic acids is 2. The number of nitrogens with one attached hydrogen (secondary N) is 2. The quantitative estimate of drug-likeness (QED) is 0.544. The number of rotatable bonds is 11. The van der Waals surface area contributed by atoms with Crippen LogP contribution >= 0.6 is 0 Å². The number of benzene rings is 2. The average Bonchev–Trinajstić information content (AvgIpc) is 2.76. The molecule has 162 valence electrons. The van der Waals surface area contributed by atoms with Crippen molar-refractivity contribution in [2.75, 3.05) is 32.2 Å². The first-order valence-electron chi connectivity index (χ1n) is 10.3. The molecule has 6 heteroatoms. The van der Waals surface area contributed by atoms with Gasteiger partial charge in [0.05, 0.1) is 11.3 Å². The molecule has 0 aromatic heterocycles. The Morgan fingerprint density at radius 3 is 2.40 bits per heavy atom. The number of hydrogen-bond acceptors (Lipinski definition) is 4. The predicted molar refractivity (Wildman–Crippen MR) is 119 cm³/mol. The highest BCUT2D eigenvalue weighted by molar-refractivity contribution is 6.04. The lowest BCUT2D eigenvalue weighted by molar-refractivity contribution is -0.118. The molecule has 0 spiro atoms. The van der Waals surface area contributed by atoms with Gasteiger partial charge in [0.15, 0.2) is 6.61 Å². The van der Waals surface area contributed by atoms with E-state index >= 15 is 0 Å². The monoisotopic (exact) mass is 412 g/mol. The summed E-state index contributed by atoms with van der Waals surface area (Å²) in [4.78, 5) is 24.7. The summed E-state index contributed by atoms with van der Waals surface area (Å²) < 4.78 is 10.6. The fourth-order valence-electron chi connectivity index (χ4n) is 2.85. The Morgan fingerprint density at radius 1 is 1.03 bits per heavy atom. The van der Waals surface area contributed by atoms with Crippen LogP contribution in [0.15, 0.2) is 48.5 Å². The maximum Gasteiger partial charge on any atom is 0.262 e. The highest BCUT2D eigenvalue weighted by Crippen LogP contribution is 2.28. The van der Waals surface area contributed by atoms with Gasteiger partial charge in [0.2, 0.25) is 0 Å². The number of amides is 2. The van der Waals surface area contributed by atoms with Crippen LogP contribution in [-0.2, 0) is 14.9 Å². The zero-order chi connectivity index (χ0) is 22.0. The van der Waals surface area contributed by atoms with E-state index in [1.165, 1.54) is 5.56 Å². The molecule has 0 saturated carbocycles. The summed E-state index contributed by atoms with van der Waals surface area (Å²) in [5.74, 6) is 0.0645. The molecule has 0 aliphatic carbocycles. The third kappa shape index (κ3) is 6.88. The zero-order valence-corrected chi connectivity index (χ0v) is 18.3. The van der Waals surface area contributed by atoms with Gasteiger partial charge in [0.1, 0.15) is 5.75 Å². The number of hydrogen-bond donors (Lipinski definition) is 2. The third-order valence-corrected chi connectivity index (χ3v) is 5.15. The van der Waals surface area contributed by atoms with Gasteiger partial charge >= 0.3 is 0 Å². The lowest BCUT2D eigenvalue weighted by Crippen LogP contribution is -2.27. The molecule has 30 heavy (non-hydrogen) atoms. The van der Waals surface area contributed by atoms with Gasteiger partial charge in [-0.25, -0.2) is 0 Å². The van der Waals surface area contributed by atoms with Crippen LogP contribution in [0.2, 0.25) is 0 Å². The van der Waals surface area contributed by atoms with E-state index in [0.29, 0.717) is 30.2 Å². The van der Waals surface area contributed by atoms with Crippen molar-refractivity contribution in [1.29, 1.82) is 0 Å². The molecule has 0 bridgehead atoms. The van der Waals surface area contributed by atoms with Crippen molar-refractivity contribution >= 4 is 17.5 Å². The number of methoxy groups -OCH3 is 1. The molecule has 2 aromatic carbocycles. The van der Waals surface area contributed by atoms with Gasteiger partial charge in [-0.1, -0.05) is 45.0 Å².